The van der Waals surface area contributed by atoms with Crippen molar-refractivity contribution in [3.8, 4) is 11.5 Å². The third kappa shape index (κ3) is 5.23. The molecule has 210 valence electrons. The van der Waals surface area contributed by atoms with Crippen molar-refractivity contribution in [1.82, 2.24) is 24.4 Å². The van der Waals surface area contributed by atoms with Crippen LogP contribution in [0.5, 0.6) is 11.5 Å². The van der Waals surface area contributed by atoms with Gasteiger partial charge >= 0.3 is 6.18 Å². The monoisotopic (exact) mass is 553 g/mol. The van der Waals surface area contributed by atoms with Gasteiger partial charge in [0.05, 0.1) is 5.56 Å². The summed E-state index contributed by atoms with van der Waals surface area (Å²) in [6.45, 7) is 8.74. The predicted molar refractivity (Wildman–Crippen MR) is 145 cm³/mol. The first-order valence-electron chi connectivity index (χ1n) is 13.2. The Morgan fingerprint density at radius 1 is 0.950 bits per heavy atom. The lowest BCUT2D eigenvalue weighted by atomic mass is 10.1. The third-order valence-corrected chi connectivity index (χ3v) is 7.19. The van der Waals surface area contributed by atoms with E-state index in [4.69, 9.17) is 14.5 Å². The fourth-order valence-corrected chi connectivity index (χ4v) is 5.17. The van der Waals surface area contributed by atoms with Gasteiger partial charge in [0, 0.05) is 45.3 Å². The van der Waals surface area contributed by atoms with Crippen LogP contribution in [0.4, 0.5) is 24.9 Å². The minimum absolute atomic E-state index is 0.0953. The lowest BCUT2D eigenvalue weighted by molar-refractivity contribution is -0.137. The van der Waals surface area contributed by atoms with Crippen molar-refractivity contribution >= 4 is 22.9 Å². The standard InChI is InChI=1S/C28H30F3N7O2/c1-18(2)38-26-24(25(33-16-34-26)32-14-19-4-3-5-21(12-19)28(29,30)31)35-27(38)37-10-8-36(9-11-37)15-20-6-7-22-23(13-20)40-17-39-22/h3-7,12-13,16,18H,8-11,14-15,17H2,1-2H3,(H,32,33,34). The maximum atomic E-state index is 13.1. The number of hydrogen-bond donors (Lipinski definition) is 1. The van der Waals surface area contributed by atoms with Gasteiger partial charge in [-0.05, 0) is 49.2 Å². The van der Waals surface area contributed by atoms with Gasteiger partial charge in [-0.2, -0.15) is 13.2 Å². The fourth-order valence-electron chi connectivity index (χ4n) is 5.17. The molecule has 1 fully saturated rings. The largest absolute Gasteiger partial charge is 0.454 e. The van der Waals surface area contributed by atoms with Crippen LogP contribution in [0.2, 0.25) is 0 Å². The highest BCUT2D eigenvalue weighted by Crippen LogP contribution is 2.34. The van der Waals surface area contributed by atoms with E-state index >= 15 is 0 Å². The normalized spacial score (nSPS) is 15.8. The Morgan fingerprint density at radius 3 is 2.52 bits per heavy atom. The molecule has 2 aliphatic rings. The number of nitrogens with one attached hydrogen (secondary N) is 1. The van der Waals surface area contributed by atoms with Crippen molar-refractivity contribution in [2.24, 2.45) is 0 Å². The van der Waals surface area contributed by atoms with Crippen LogP contribution in [-0.4, -0.2) is 57.4 Å². The number of imidazole rings is 1. The minimum atomic E-state index is -4.39. The second-order valence-corrected chi connectivity index (χ2v) is 10.3. The van der Waals surface area contributed by atoms with Crippen LogP contribution in [0.3, 0.4) is 0 Å². The molecule has 1 saturated heterocycles. The molecule has 0 atom stereocenters. The Balaban J connectivity index is 1.18. The van der Waals surface area contributed by atoms with Crippen LogP contribution >= 0.6 is 0 Å². The topological polar surface area (TPSA) is 80.6 Å². The van der Waals surface area contributed by atoms with E-state index in [-0.39, 0.29) is 19.4 Å². The zero-order valence-electron chi connectivity index (χ0n) is 22.3. The highest BCUT2D eigenvalue weighted by Gasteiger charge is 2.30. The van der Waals surface area contributed by atoms with E-state index in [1.54, 1.807) is 6.07 Å². The maximum absolute atomic E-state index is 13.1. The van der Waals surface area contributed by atoms with E-state index < -0.39 is 11.7 Å². The highest BCUT2D eigenvalue weighted by atomic mass is 19.4. The van der Waals surface area contributed by atoms with Gasteiger partial charge in [0.25, 0.3) is 0 Å². The quantitative estimate of drug-likeness (QED) is 0.339. The number of aromatic nitrogens is 4. The molecule has 0 bridgehead atoms. The summed E-state index contributed by atoms with van der Waals surface area (Å²) >= 11 is 0. The van der Waals surface area contributed by atoms with Crippen molar-refractivity contribution in [3.05, 3.63) is 65.5 Å². The molecule has 4 aromatic rings. The lowest BCUT2D eigenvalue weighted by Crippen LogP contribution is -2.47. The Labute approximate surface area is 229 Å². The lowest BCUT2D eigenvalue weighted by Gasteiger charge is -2.35. The number of nitrogens with zero attached hydrogens (tertiary/aromatic N) is 6. The molecule has 40 heavy (non-hydrogen) atoms. The summed E-state index contributed by atoms with van der Waals surface area (Å²) in [5, 5.41) is 3.18. The summed E-state index contributed by atoms with van der Waals surface area (Å²) in [6.07, 6.45) is -2.93. The summed E-state index contributed by atoms with van der Waals surface area (Å²) in [4.78, 5) is 18.5. The minimum Gasteiger partial charge on any atom is -0.454 e. The Bertz CT molecular complexity index is 1510. The van der Waals surface area contributed by atoms with E-state index in [2.05, 4.69) is 49.6 Å². The van der Waals surface area contributed by atoms with Gasteiger partial charge in [-0.25, -0.2) is 15.0 Å². The van der Waals surface area contributed by atoms with Crippen LogP contribution in [0.15, 0.2) is 48.8 Å². The van der Waals surface area contributed by atoms with Crippen LogP contribution < -0.4 is 19.7 Å². The smallest absolute Gasteiger partial charge is 0.416 e. The zero-order chi connectivity index (χ0) is 27.9. The Morgan fingerprint density at radius 2 is 1.75 bits per heavy atom. The number of anilines is 2. The first kappa shape index (κ1) is 26.2. The van der Waals surface area contributed by atoms with Crippen molar-refractivity contribution in [2.45, 2.75) is 39.2 Å². The molecule has 2 aromatic heterocycles. The van der Waals surface area contributed by atoms with E-state index in [0.29, 0.717) is 22.5 Å². The van der Waals surface area contributed by atoms with Gasteiger partial charge < -0.3 is 19.7 Å². The number of fused-ring (bicyclic) bond motifs is 2. The van der Waals surface area contributed by atoms with Gasteiger partial charge in [0.1, 0.15) is 6.33 Å². The number of rotatable bonds is 7. The molecule has 9 nitrogen and oxygen atoms in total. The molecule has 0 amide bonds. The predicted octanol–water partition coefficient (Wildman–Crippen LogP) is 5.09. The fraction of sp³-hybridized carbons (Fsp3) is 0.393. The highest BCUT2D eigenvalue weighted by molar-refractivity contribution is 5.85. The number of hydrogen-bond acceptors (Lipinski definition) is 8. The molecule has 6 rings (SSSR count). The number of ether oxygens (including phenoxy) is 2. The van der Waals surface area contributed by atoms with Crippen molar-refractivity contribution in [1.29, 1.82) is 0 Å². The van der Waals surface area contributed by atoms with Crippen LogP contribution in [-0.2, 0) is 19.3 Å². The van der Waals surface area contributed by atoms with E-state index in [9.17, 15) is 13.2 Å². The molecular formula is C28H30F3N7O2. The average Bonchev–Trinajstić information content (AvgIpc) is 3.57. The van der Waals surface area contributed by atoms with Gasteiger partial charge in [0.2, 0.25) is 12.7 Å². The molecule has 0 spiro atoms. The summed E-state index contributed by atoms with van der Waals surface area (Å²) < 4.78 is 52.5. The van der Waals surface area contributed by atoms with Crippen molar-refractivity contribution < 1.29 is 22.6 Å². The van der Waals surface area contributed by atoms with E-state index in [1.807, 2.05) is 12.1 Å². The maximum Gasteiger partial charge on any atom is 0.416 e. The number of benzene rings is 2. The van der Waals surface area contributed by atoms with Crippen LogP contribution in [0.25, 0.3) is 11.2 Å². The van der Waals surface area contributed by atoms with E-state index in [0.717, 1.165) is 62.3 Å². The Hall–Kier alpha value is -4.06. The molecule has 12 heteroatoms. The van der Waals surface area contributed by atoms with Crippen molar-refractivity contribution in [2.75, 3.05) is 43.2 Å². The van der Waals surface area contributed by atoms with Gasteiger partial charge in [-0.15, -0.1) is 0 Å². The van der Waals surface area contributed by atoms with Gasteiger partial charge in [0.15, 0.2) is 28.5 Å². The summed E-state index contributed by atoms with van der Waals surface area (Å²) in [5.74, 6) is 2.88. The number of piperazine rings is 1. The van der Waals surface area contributed by atoms with E-state index in [1.165, 1.54) is 18.0 Å². The number of halogens is 3. The molecule has 0 saturated carbocycles. The summed E-state index contributed by atoms with van der Waals surface area (Å²) in [6, 6.07) is 11.4. The molecule has 2 aliphatic heterocycles. The molecule has 2 aromatic carbocycles. The Kier molecular flexibility index (Phi) is 6.87. The van der Waals surface area contributed by atoms with Crippen molar-refractivity contribution in [3.63, 3.8) is 0 Å². The molecule has 0 unspecified atom stereocenters. The second kappa shape index (κ2) is 10.5. The SMILES string of the molecule is CC(C)n1c(N2CCN(Cc3ccc4c(c3)OCO4)CC2)nc2c(NCc3cccc(C(F)(F)F)c3)ncnc21. The summed E-state index contributed by atoms with van der Waals surface area (Å²) in [5.41, 5.74) is 2.29. The first-order valence-corrected chi connectivity index (χ1v) is 13.2. The van der Waals surface area contributed by atoms with Gasteiger partial charge in [-0.3, -0.25) is 9.47 Å². The average molecular weight is 554 g/mol. The third-order valence-electron chi connectivity index (χ3n) is 7.19. The zero-order valence-corrected chi connectivity index (χ0v) is 22.3. The summed E-state index contributed by atoms with van der Waals surface area (Å²) in [7, 11) is 0. The molecule has 0 aliphatic carbocycles. The van der Waals surface area contributed by atoms with Gasteiger partial charge in [-0.1, -0.05) is 18.2 Å². The van der Waals surface area contributed by atoms with Crippen LogP contribution in [0, 0.1) is 0 Å². The molecule has 0 radical (unpaired) electrons. The van der Waals surface area contributed by atoms with Crippen LogP contribution in [0.1, 0.15) is 36.6 Å². The molecule has 4 heterocycles. The molecule has 1 N–H and O–H groups in total. The molecular weight excluding hydrogens is 523 g/mol. The second-order valence-electron chi connectivity index (χ2n) is 10.3. The first-order chi connectivity index (χ1) is 19.3. The number of alkyl halides is 3.